The number of ether oxygens (including phenoxy) is 1. The Labute approximate surface area is 101 Å². The zero-order chi connectivity index (χ0) is 11.8. The first kappa shape index (κ1) is 13.0. The van der Waals surface area contributed by atoms with Crippen molar-refractivity contribution < 1.29 is 4.74 Å². The van der Waals surface area contributed by atoms with Crippen LogP contribution in [0, 0.1) is 0 Å². The molecule has 1 N–H and O–H groups in total. The molecule has 0 bridgehead atoms. The lowest BCUT2D eigenvalue weighted by molar-refractivity contribution is 0.379. The highest BCUT2D eigenvalue weighted by Crippen LogP contribution is 2.10. The molecule has 0 aromatic carbocycles. The lowest BCUT2D eigenvalue weighted by atomic mass is 10.2. The standard InChI is InChI=1S/C10H17ClN4O/c1-3-4-5-6-7-12-9-13-8(11)14-10(15-9)16-2/h3-7H2,1-2H3,(H,12,13,14,15). The molecule has 0 amide bonds. The summed E-state index contributed by atoms with van der Waals surface area (Å²) >= 11 is 5.71. The zero-order valence-corrected chi connectivity index (χ0v) is 10.4. The SMILES string of the molecule is CCCCCCNc1nc(Cl)nc(OC)n1. The fraction of sp³-hybridized carbons (Fsp3) is 0.700. The summed E-state index contributed by atoms with van der Waals surface area (Å²) < 4.78 is 4.89. The maximum atomic E-state index is 5.71. The van der Waals surface area contributed by atoms with Crippen molar-refractivity contribution in [3.05, 3.63) is 5.28 Å². The molecule has 0 fully saturated rings. The van der Waals surface area contributed by atoms with Crippen LogP contribution < -0.4 is 10.1 Å². The average molecular weight is 245 g/mol. The van der Waals surface area contributed by atoms with Crippen LogP contribution in [-0.4, -0.2) is 28.6 Å². The normalized spacial score (nSPS) is 10.2. The lowest BCUT2D eigenvalue weighted by Gasteiger charge is -2.05. The van der Waals surface area contributed by atoms with E-state index >= 15 is 0 Å². The minimum Gasteiger partial charge on any atom is -0.467 e. The first-order chi connectivity index (χ1) is 7.76. The second-order valence-electron chi connectivity index (χ2n) is 3.40. The number of hydrogen-bond donors (Lipinski definition) is 1. The number of nitrogens with zero attached hydrogens (tertiary/aromatic N) is 3. The number of unbranched alkanes of at least 4 members (excludes halogenated alkanes) is 3. The Balaban J connectivity index is 2.38. The van der Waals surface area contributed by atoms with Gasteiger partial charge in [-0.05, 0) is 18.0 Å². The van der Waals surface area contributed by atoms with E-state index in [-0.39, 0.29) is 11.3 Å². The van der Waals surface area contributed by atoms with Crippen LogP contribution in [-0.2, 0) is 0 Å². The molecule has 90 valence electrons. The van der Waals surface area contributed by atoms with Crippen molar-refractivity contribution >= 4 is 17.5 Å². The van der Waals surface area contributed by atoms with E-state index in [2.05, 4.69) is 27.2 Å². The Kier molecular flexibility index (Phi) is 5.85. The van der Waals surface area contributed by atoms with Gasteiger partial charge in [0.2, 0.25) is 11.2 Å². The van der Waals surface area contributed by atoms with E-state index in [0.29, 0.717) is 5.95 Å². The van der Waals surface area contributed by atoms with Crippen LogP contribution in [0.4, 0.5) is 5.95 Å². The molecule has 0 spiro atoms. The van der Waals surface area contributed by atoms with Crippen molar-refractivity contribution in [2.24, 2.45) is 0 Å². The van der Waals surface area contributed by atoms with E-state index in [9.17, 15) is 0 Å². The number of hydrogen-bond acceptors (Lipinski definition) is 5. The van der Waals surface area contributed by atoms with Gasteiger partial charge in [-0.3, -0.25) is 0 Å². The molecule has 0 radical (unpaired) electrons. The van der Waals surface area contributed by atoms with Crippen molar-refractivity contribution in [1.29, 1.82) is 0 Å². The van der Waals surface area contributed by atoms with Gasteiger partial charge in [-0.2, -0.15) is 15.0 Å². The van der Waals surface area contributed by atoms with Crippen LogP contribution in [0.25, 0.3) is 0 Å². The highest BCUT2D eigenvalue weighted by molar-refractivity contribution is 6.28. The number of halogens is 1. The van der Waals surface area contributed by atoms with E-state index in [1.807, 2.05) is 0 Å². The summed E-state index contributed by atoms with van der Waals surface area (Å²) in [5, 5.41) is 3.23. The number of rotatable bonds is 7. The van der Waals surface area contributed by atoms with E-state index in [1.165, 1.54) is 26.4 Å². The molecule has 6 heteroatoms. The average Bonchev–Trinajstić information content (AvgIpc) is 2.28. The fourth-order valence-corrected chi connectivity index (χ4v) is 1.41. The fourth-order valence-electron chi connectivity index (χ4n) is 1.25. The van der Waals surface area contributed by atoms with Gasteiger partial charge in [0.15, 0.2) is 0 Å². The minimum atomic E-state index is 0.142. The summed E-state index contributed by atoms with van der Waals surface area (Å²) in [5.74, 6) is 0.466. The van der Waals surface area contributed by atoms with Gasteiger partial charge in [0, 0.05) is 6.54 Å². The molecule has 0 aliphatic heterocycles. The van der Waals surface area contributed by atoms with Gasteiger partial charge in [0.25, 0.3) is 0 Å². The predicted octanol–water partition coefficient (Wildman–Crippen LogP) is 2.53. The second kappa shape index (κ2) is 7.22. The van der Waals surface area contributed by atoms with Gasteiger partial charge in [0.05, 0.1) is 7.11 Å². The van der Waals surface area contributed by atoms with Crippen LogP contribution >= 0.6 is 11.6 Å². The predicted molar refractivity (Wildman–Crippen MR) is 64.0 cm³/mol. The van der Waals surface area contributed by atoms with Gasteiger partial charge in [-0.1, -0.05) is 26.2 Å². The highest BCUT2D eigenvalue weighted by Gasteiger charge is 2.03. The van der Waals surface area contributed by atoms with Crippen LogP contribution in [0.5, 0.6) is 6.01 Å². The Hall–Kier alpha value is -1.10. The summed E-state index contributed by atoms with van der Waals surface area (Å²) in [6, 6.07) is 0.232. The van der Waals surface area contributed by atoms with E-state index in [4.69, 9.17) is 16.3 Å². The maximum Gasteiger partial charge on any atom is 0.322 e. The molecule has 0 aliphatic carbocycles. The number of methoxy groups -OCH3 is 1. The Morgan fingerprint density at radius 2 is 2.00 bits per heavy atom. The first-order valence-electron chi connectivity index (χ1n) is 5.45. The van der Waals surface area contributed by atoms with Crippen molar-refractivity contribution in [3.63, 3.8) is 0 Å². The number of anilines is 1. The molecule has 16 heavy (non-hydrogen) atoms. The van der Waals surface area contributed by atoms with Crippen LogP contribution in [0.15, 0.2) is 0 Å². The molecular formula is C10H17ClN4O. The van der Waals surface area contributed by atoms with Crippen molar-refractivity contribution in [3.8, 4) is 6.01 Å². The minimum absolute atomic E-state index is 0.142. The Morgan fingerprint density at radius 1 is 1.19 bits per heavy atom. The summed E-state index contributed by atoms with van der Waals surface area (Å²) in [5.41, 5.74) is 0. The van der Waals surface area contributed by atoms with Gasteiger partial charge >= 0.3 is 6.01 Å². The van der Waals surface area contributed by atoms with Gasteiger partial charge in [-0.15, -0.1) is 0 Å². The summed E-state index contributed by atoms with van der Waals surface area (Å²) in [6.45, 7) is 3.02. The molecule has 0 saturated carbocycles. The molecule has 1 heterocycles. The molecule has 0 saturated heterocycles. The molecule has 1 aromatic heterocycles. The highest BCUT2D eigenvalue weighted by atomic mass is 35.5. The summed E-state index contributed by atoms with van der Waals surface area (Å²) in [6.07, 6.45) is 4.78. The van der Waals surface area contributed by atoms with Gasteiger partial charge in [-0.25, -0.2) is 0 Å². The molecule has 0 aliphatic rings. The number of aromatic nitrogens is 3. The summed E-state index contributed by atoms with van der Waals surface area (Å²) in [7, 11) is 1.50. The first-order valence-corrected chi connectivity index (χ1v) is 5.83. The summed E-state index contributed by atoms with van der Waals surface area (Å²) in [4.78, 5) is 11.8. The second-order valence-corrected chi connectivity index (χ2v) is 3.74. The van der Waals surface area contributed by atoms with E-state index < -0.39 is 0 Å². The van der Waals surface area contributed by atoms with Crippen molar-refractivity contribution in [1.82, 2.24) is 15.0 Å². The molecule has 0 atom stereocenters. The van der Waals surface area contributed by atoms with Crippen molar-refractivity contribution in [2.75, 3.05) is 19.0 Å². The largest absolute Gasteiger partial charge is 0.467 e. The zero-order valence-electron chi connectivity index (χ0n) is 9.66. The van der Waals surface area contributed by atoms with Gasteiger partial charge in [0.1, 0.15) is 0 Å². The molecule has 1 aromatic rings. The van der Waals surface area contributed by atoms with Crippen molar-refractivity contribution in [2.45, 2.75) is 32.6 Å². The maximum absolute atomic E-state index is 5.71. The van der Waals surface area contributed by atoms with E-state index in [1.54, 1.807) is 0 Å². The third-order valence-electron chi connectivity index (χ3n) is 2.08. The van der Waals surface area contributed by atoms with Crippen LogP contribution in [0.1, 0.15) is 32.6 Å². The molecule has 1 rings (SSSR count). The Morgan fingerprint density at radius 3 is 2.69 bits per heavy atom. The third kappa shape index (κ3) is 4.61. The third-order valence-corrected chi connectivity index (χ3v) is 2.25. The molecular weight excluding hydrogens is 228 g/mol. The van der Waals surface area contributed by atoms with Crippen LogP contribution in [0.3, 0.4) is 0 Å². The van der Waals surface area contributed by atoms with E-state index in [0.717, 1.165) is 13.0 Å². The molecule has 0 unspecified atom stereocenters. The number of nitrogens with one attached hydrogen (secondary N) is 1. The quantitative estimate of drug-likeness (QED) is 0.747. The Bertz CT molecular complexity index is 322. The van der Waals surface area contributed by atoms with Gasteiger partial charge < -0.3 is 10.1 Å². The topological polar surface area (TPSA) is 59.9 Å². The lowest BCUT2D eigenvalue weighted by Crippen LogP contribution is -2.07. The molecule has 5 nitrogen and oxygen atoms in total. The smallest absolute Gasteiger partial charge is 0.322 e. The monoisotopic (exact) mass is 244 g/mol. The van der Waals surface area contributed by atoms with Crippen LogP contribution in [0.2, 0.25) is 5.28 Å².